The van der Waals surface area contributed by atoms with Crippen LogP contribution in [0, 0.1) is 6.92 Å². The molecule has 0 spiro atoms. The quantitative estimate of drug-likeness (QED) is 0.140. The largest absolute Gasteiger partial charge is 0.352 e. The molecule has 4 aromatic rings. The summed E-state index contributed by atoms with van der Waals surface area (Å²) in [6.07, 6.45) is 7.02. The maximum absolute atomic E-state index is 14.8. The lowest BCUT2D eigenvalue weighted by Crippen LogP contribution is -2.55. The highest BCUT2D eigenvalue weighted by atomic mass is 35.5. The molecule has 1 N–H and O–H groups in total. The zero-order valence-corrected chi connectivity index (χ0v) is 30.8. The molecule has 1 fully saturated rings. The van der Waals surface area contributed by atoms with Gasteiger partial charge in [-0.15, -0.1) is 11.8 Å². The van der Waals surface area contributed by atoms with Crippen molar-refractivity contribution < 1.29 is 18.0 Å². The van der Waals surface area contributed by atoms with Crippen molar-refractivity contribution in [1.29, 1.82) is 0 Å². The van der Waals surface area contributed by atoms with Crippen molar-refractivity contribution in [1.82, 2.24) is 10.2 Å². The van der Waals surface area contributed by atoms with Gasteiger partial charge in [0.2, 0.25) is 11.8 Å². The fourth-order valence-electron chi connectivity index (χ4n) is 6.07. The van der Waals surface area contributed by atoms with Gasteiger partial charge in [-0.25, -0.2) is 8.42 Å². The second kappa shape index (κ2) is 16.9. The molecule has 0 aromatic heterocycles. The van der Waals surface area contributed by atoms with Gasteiger partial charge in [0.15, 0.2) is 0 Å². The van der Waals surface area contributed by atoms with Crippen LogP contribution in [-0.4, -0.2) is 50.0 Å². The molecule has 258 valence electrons. The molecule has 0 aliphatic heterocycles. The Morgan fingerprint density at radius 1 is 0.857 bits per heavy atom. The Labute approximate surface area is 304 Å². The smallest absolute Gasteiger partial charge is 0.264 e. The number of anilines is 1. The minimum atomic E-state index is -4.21. The van der Waals surface area contributed by atoms with E-state index in [1.165, 1.54) is 16.7 Å². The number of carbonyl (C=O) groups is 2. The van der Waals surface area contributed by atoms with Crippen LogP contribution in [0.4, 0.5) is 5.69 Å². The van der Waals surface area contributed by atoms with Crippen molar-refractivity contribution in [3.8, 4) is 0 Å². The van der Waals surface area contributed by atoms with Crippen LogP contribution in [0.1, 0.15) is 48.8 Å². The summed E-state index contributed by atoms with van der Waals surface area (Å²) in [5.74, 6) is -0.870. The zero-order chi connectivity index (χ0) is 35.0. The number of carbonyl (C=O) groups excluding carboxylic acids is 2. The van der Waals surface area contributed by atoms with Gasteiger partial charge in [0.05, 0.1) is 10.6 Å². The first-order valence-electron chi connectivity index (χ1n) is 16.4. The van der Waals surface area contributed by atoms with E-state index in [0.717, 1.165) is 52.4 Å². The van der Waals surface area contributed by atoms with Crippen molar-refractivity contribution in [3.63, 3.8) is 0 Å². The number of thioether (sulfide) groups is 1. The maximum Gasteiger partial charge on any atom is 0.264 e. The van der Waals surface area contributed by atoms with Crippen LogP contribution in [-0.2, 0) is 32.6 Å². The van der Waals surface area contributed by atoms with Crippen molar-refractivity contribution in [2.24, 2.45) is 0 Å². The van der Waals surface area contributed by atoms with E-state index in [-0.39, 0.29) is 29.8 Å². The van der Waals surface area contributed by atoms with Crippen molar-refractivity contribution in [2.45, 2.75) is 73.9 Å². The van der Waals surface area contributed by atoms with Crippen LogP contribution < -0.4 is 9.62 Å². The molecular weight excluding hydrogens is 697 g/mol. The SMILES string of the molecule is CSc1ccc(S(=O)(=O)N(CC(=O)N(Cc2c(Cl)cccc2Cl)[C@H](Cc2ccccc2)C(=O)NC2CCCCC2)c2ccc(C)cc2)cc1. The third-order valence-corrected chi connectivity index (χ3v) is 12.1. The predicted molar refractivity (Wildman–Crippen MR) is 200 cm³/mol. The maximum atomic E-state index is 14.8. The van der Waals surface area contributed by atoms with E-state index in [2.05, 4.69) is 5.32 Å². The zero-order valence-electron chi connectivity index (χ0n) is 27.6. The van der Waals surface area contributed by atoms with Crippen LogP contribution >= 0.6 is 35.0 Å². The average molecular weight is 739 g/mol. The third-order valence-electron chi connectivity index (χ3n) is 8.86. The van der Waals surface area contributed by atoms with E-state index < -0.39 is 28.5 Å². The highest BCUT2D eigenvalue weighted by Crippen LogP contribution is 2.30. The van der Waals surface area contributed by atoms with Crippen molar-refractivity contribution >= 4 is 62.5 Å². The number of halogens is 2. The Hall–Kier alpha value is -3.50. The Balaban J connectivity index is 1.58. The van der Waals surface area contributed by atoms with Gasteiger partial charge >= 0.3 is 0 Å². The van der Waals surface area contributed by atoms with Gasteiger partial charge in [0.1, 0.15) is 12.6 Å². The molecule has 1 saturated carbocycles. The molecule has 49 heavy (non-hydrogen) atoms. The van der Waals surface area contributed by atoms with E-state index in [1.807, 2.05) is 43.5 Å². The molecule has 0 heterocycles. The normalized spacial score (nSPS) is 14.2. The minimum Gasteiger partial charge on any atom is -0.352 e. The minimum absolute atomic E-state index is 0.00549. The molecule has 0 saturated heterocycles. The summed E-state index contributed by atoms with van der Waals surface area (Å²) in [7, 11) is -4.21. The van der Waals surface area contributed by atoms with Crippen molar-refractivity contribution in [3.05, 3.63) is 124 Å². The number of rotatable bonds is 13. The molecule has 0 radical (unpaired) electrons. The number of nitrogens with zero attached hydrogens (tertiary/aromatic N) is 2. The van der Waals surface area contributed by atoms with E-state index in [1.54, 1.807) is 66.7 Å². The Morgan fingerprint density at radius 3 is 2.10 bits per heavy atom. The highest BCUT2D eigenvalue weighted by Gasteiger charge is 2.36. The topological polar surface area (TPSA) is 86.8 Å². The van der Waals surface area contributed by atoms with E-state index in [4.69, 9.17) is 23.2 Å². The standard InChI is InChI=1S/C38H41Cl2N3O4S2/c1-27-16-18-30(19-17-27)43(49(46,47)32-22-20-31(48-2)21-23-32)26-37(44)42(25-33-34(39)14-9-15-35(33)40)36(24-28-10-5-3-6-11-28)38(45)41-29-12-7-4-8-13-29/h3,5-6,9-11,14-23,29,36H,4,7-8,12-13,24-26H2,1-2H3,(H,41,45)/t36-/m1/s1. The molecule has 0 unspecified atom stereocenters. The van der Waals surface area contributed by atoms with Gasteiger partial charge in [0.25, 0.3) is 10.0 Å². The fraction of sp³-hybridized carbons (Fsp3) is 0.316. The molecule has 5 rings (SSSR count). The molecule has 0 bridgehead atoms. The Kier molecular flexibility index (Phi) is 12.7. The number of hydrogen-bond donors (Lipinski definition) is 1. The van der Waals surface area contributed by atoms with Gasteiger partial charge in [0, 0.05) is 39.5 Å². The molecule has 7 nitrogen and oxygen atoms in total. The van der Waals surface area contributed by atoms with E-state index in [0.29, 0.717) is 21.3 Å². The third kappa shape index (κ3) is 9.39. The van der Waals surface area contributed by atoms with Crippen LogP contribution in [0.15, 0.2) is 107 Å². The summed E-state index contributed by atoms with van der Waals surface area (Å²) in [6, 6.07) is 27.1. The first kappa shape index (κ1) is 36.8. The summed E-state index contributed by atoms with van der Waals surface area (Å²) < 4.78 is 29.8. The molecule has 11 heteroatoms. The second-order valence-corrected chi connectivity index (χ2v) is 15.9. The summed E-state index contributed by atoms with van der Waals surface area (Å²) in [5.41, 5.74) is 2.59. The molecule has 1 aliphatic rings. The van der Waals surface area contributed by atoms with Gasteiger partial charge in [-0.05, 0) is 80.1 Å². The van der Waals surface area contributed by atoms with Gasteiger partial charge in [-0.2, -0.15) is 0 Å². The van der Waals surface area contributed by atoms with E-state index in [9.17, 15) is 18.0 Å². The number of aryl methyl sites for hydroxylation is 1. The highest BCUT2D eigenvalue weighted by molar-refractivity contribution is 7.98. The monoisotopic (exact) mass is 737 g/mol. The summed E-state index contributed by atoms with van der Waals surface area (Å²) in [4.78, 5) is 31.5. The van der Waals surface area contributed by atoms with Gasteiger partial charge in [-0.3, -0.25) is 13.9 Å². The van der Waals surface area contributed by atoms with E-state index >= 15 is 0 Å². The lowest BCUT2D eigenvalue weighted by Gasteiger charge is -2.35. The Morgan fingerprint density at radius 2 is 1.49 bits per heavy atom. The van der Waals surface area contributed by atoms with Gasteiger partial charge < -0.3 is 10.2 Å². The molecule has 1 atom stereocenters. The van der Waals surface area contributed by atoms with Crippen molar-refractivity contribution in [2.75, 3.05) is 17.1 Å². The summed E-state index contributed by atoms with van der Waals surface area (Å²) in [6.45, 7) is 1.25. The number of nitrogens with one attached hydrogen (secondary N) is 1. The fourth-order valence-corrected chi connectivity index (χ4v) is 8.41. The van der Waals surface area contributed by atoms with Crippen LogP contribution in [0.2, 0.25) is 10.0 Å². The summed E-state index contributed by atoms with van der Waals surface area (Å²) in [5, 5.41) is 3.90. The first-order valence-corrected chi connectivity index (χ1v) is 19.8. The Bertz CT molecular complexity index is 1810. The van der Waals surface area contributed by atoms with Crippen LogP contribution in [0.3, 0.4) is 0 Å². The predicted octanol–water partition coefficient (Wildman–Crippen LogP) is 8.31. The average Bonchev–Trinajstić information content (AvgIpc) is 3.11. The molecule has 1 aliphatic carbocycles. The number of sulfonamides is 1. The number of benzene rings is 4. The lowest BCUT2D eigenvalue weighted by atomic mass is 9.94. The lowest BCUT2D eigenvalue weighted by molar-refractivity contribution is -0.140. The molecular formula is C38H41Cl2N3O4S2. The first-order chi connectivity index (χ1) is 23.6. The number of amides is 2. The molecule has 2 amide bonds. The molecule has 4 aromatic carbocycles. The van der Waals surface area contributed by atoms with Gasteiger partial charge in [-0.1, -0.05) is 96.6 Å². The summed E-state index contributed by atoms with van der Waals surface area (Å²) >= 11 is 14.8. The number of hydrogen-bond acceptors (Lipinski definition) is 5. The van der Waals surface area contributed by atoms with Crippen LogP contribution in [0.5, 0.6) is 0 Å². The second-order valence-electron chi connectivity index (χ2n) is 12.3. The van der Waals surface area contributed by atoms with Crippen LogP contribution in [0.25, 0.3) is 0 Å².